The first-order chi connectivity index (χ1) is 19.0. The minimum atomic E-state index is 0.833. The summed E-state index contributed by atoms with van der Waals surface area (Å²) in [5.41, 5.74) is 12.1. The highest BCUT2D eigenvalue weighted by molar-refractivity contribution is 6.10. The lowest BCUT2D eigenvalue weighted by Crippen LogP contribution is -2.27. The molecule has 0 saturated carbocycles. The van der Waals surface area contributed by atoms with E-state index in [1.54, 1.807) is 0 Å². The van der Waals surface area contributed by atoms with E-state index in [0.29, 0.717) is 0 Å². The lowest BCUT2D eigenvalue weighted by molar-refractivity contribution is 0.406. The highest BCUT2D eigenvalue weighted by Crippen LogP contribution is 2.40. The van der Waals surface area contributed by atoms with E-state index in [1.165, 1.54) is 75.5 Å². The van der Waals surface area contributed by atoms with Gasteiger partial charge in [0.25, 0.3) is 0 Å². The molecule has 3 heteroatoms. The largest absolute Gasteiger partial charge is 0.454 e. The van der Waals surface area contributed by atoms with Crippen molar-refractivity contribution in [2.24, 2.45) is 0 Å². The van der Waals surface area contributed by atoms with Crippen LogP contribution in [0.5, 0.6) is 0 Å². The summed E-state index contributed by atoms with van der Waals surface area (Å²) in [6, 6.07) is 28.5. The molecule has 0 aliphatic carbocycles. The van der Waals surface area contributed by atoms with Crippen molar-refractivity contribution in [1.82, 2.24) is 4.90 Å². The number of benzene rings is 4. The zero-order valence-electron chi connectivity index (χ0n) is 23.6. The number of para-hydroxylation sites is 1. The molecule has 1 aliphatic rings. The fourth-order valence-electron chi connectivity index (χ4n) is 6.26. The average molecular weight is 515 g/mol. The van der Waals surface area contributed by atoms with E-state index >= 15 is 0 Å². The molecule has 4 aromatic carbocycles. The molecule has 0 saturated heterocycles. The van der Waals surface area contributed by atoms with Gasteiger partial charge in [0.1, 0.15) is 5.58 Å². The molecule has 0 unspecified atom stereocenters. The van der Waals surface area contributed by atoms with Crippen LogP contribution in [-0.4, -0.2) is 18.1 Å². The Morgan fingerprint density at radius 2 is 1.54 bits per heavy atom. The van der Waals surface area contributed by atoms with Crippen LogP contribution >= 0.6 is 0 Å². The van der Waals surface area contributed by atoms with E-state index < -0.39 is 0 Å². The second kappa shape index (κ2) is 10.6. The summed E-state index contributed by atoms with van der Waals surface area (Å²) in [6.45, 7) is 10.8. The molecule has 0 radical (unpaired) electrons. The van der Waals surface area contributed by atoms with Gasteiger partial charge in [0.05, 0.1) is 18.1 Å². The third kappa shape index (κ3) is 4.83. The Bertz CT molecular complexity index is 1640. The maximum Gasteiger partial charge on any atom is 0.159 e. The molecule has 1 aromatic heterocycles. The number of anilines is 1. The lowest BCUT2D eigenvalue weighted by atomic mass is 9.93. The first kappa shape index (κ1) is 25.3. The number of nitrogens with zero attached hydrogens (tertiary/aromatic N) is 2. The molecule has 0 atom stereocenters. The highest BCUT2D eigenvalue weighted by atomic mass is 16.3. The van der Waals surface area contributed by atoms with Crippen molar-refractivity contribution in [2.45, 2.75) is 53.4 Å². The molecular weight excluding hydrogens is 476 g/mol. The van der Waals surface area contributed by atoms with Gasteiger partial charge in [-0.1, -0.05) is 92.4 Å². The van der Waals surface area contributed by atoms with Crippen molar-refractivity contribution in [3.05, 3.63) is 107 Å². The van der Waals surface area contributed by atoms with Crippen molar-refractivity contribution in [3.8, 4) is 11.1 Å². The van der Waals surface area contributed by atoms with E-state index in [9.17, 15) is 0 Å². The molecule has 0 bridgehead atoms. The Morgan fingerprint density at radius 3 is 2.31 bits per heavy atom. The topological polar surface area (TPSA) is 19.6 Å². The highest BCUT2D eigenvalue weighted by Gasteiger charge is 2.25. The molecule has 198 valence electrons. The van der Waals surface area contributed by atoms with E-state index in [-0.39, 0.29) is 0 Å². The van der Waals surface area contributed by atoms with Gasteiger partial charge in [0, 0.05) is 23.5 Å². The van der Waals surface area contributed by atoms with Gasteiger partial charge in [-0.15, -0.1) is 0 Å². The van der Waals surface area contributed by atoms with Crippen LogP contribution in [0.1, 0.15) is 54.9 Å². The fourth-order valence-corrected chi connectivity index (χ4v) is 6.26. The van der Waals surface area contributed by atoms with Crippen LogP contribution in [0.25, 0.3) is 38.8 Å². The number of furan rings is 1. The minimum Gasteiger partial charge on any atom is -0.454 e. The van der Waals surface area contributed by atoms with Crippen LogP contribution in [0.4, 0.5) is 5.69 Å². The summed E-state index contributed by atoms with van der Waals surface area (Å²) in [5.74, 6) is 0. The van der Waals surface area contributed by atoms with Crippen LogP contribution in [-0.2, 0) is 0 Å². The Labute approximate surface area is 232 Å². The van der Waals surface area contributed by atoms with E-state index in [2.05, 4.69) is 123 Å². The summed E-state index contributed by atoms with van der Waals surface area (Å²) in [7, 11) is 0. The molecule has 5 aromatic rings. The van der Waals surface area contributed by atoms with Crippen molar-refractivity contribution in [1.29, 1.82) is 0 Å². The Morgan fingerprint density at radius 1 is 0.744 bits per heavy atom. The molecular formula is C36H38N2O. The zero-order chi connectivity index (χ0) is 26.9. The number of fused-ring (bicyclic) bond motifs is 3. The minimum absolute atomic E-state index is 0.833. The van der Waals surface area contributed by atoms with Crippen LogP contribution in [0.15, 0.2) is 89.5 Å². The van der Waals surface area contributed by atoms with E-state index in [0.717, 1.165) is 30.1 Å². The second-order valence-electron chi connectivity index (χ2n) is 11.1. The fraction of sp³-hybridized carbons (Fsp3) is 0.278. The van der Waals surface area contributed by atoms with Crippen molar-refractivity contribution < 1.29 is 4.42 Å². The molecule has 1 aliphatic heterocycles. The maximum atomic E-state index is 6.57. The van der Waals surface area contributed by atoms with Crippen molar-refractivity contribution in [3.63, 3.8) is 0 Å². The summed E-state index contributed by atoms with van der Waals surface area (Å²) >= 11 is 0. The average Bonchev–Trinajstić information content (AvgIpc) is 3.52. The first-order valence-electron chi connectivity index (χ1n) is 14.4. The monoisotopic (exact) mass is 514 g/mol. The van der Waals surface area contributed by atoms with Crippen LogP contribution in [0.3, 0.4) is 0 Å². The van der Waals surface area contributed by atoms with Gasteiger partial charge in [-0.3, -0.25) is 0 Å². The zero-order valence-corrected chi connectivity index (χ0v) is 23.6. The van der Waals surface area contributed by atoms with Crippen LogP contribution < -0.4 is 4.90 Å². The maximum absolute atomic E-state index is 6.57. The quantitative estimate of drug-likeness (QED) is 0.192. The Balaban J connectivity index is 1.40. The van der Waals surface area contributed by atoms with Crippen LogP contribution in [0.2, 0.25) is 0 Å². The van der Waals surface area contributed by atoms with Crippen molar-refractivity contribution in [2.75, 3.05) is 18.1 Å². The number of hydrogen-bond acceptors (Lipinski definition) is 3. The number of hydrogen-bond donors (Lipinski definition) is 0. The van der Waals surface area contributed by atoms with Gasteiger partial charge >= 0.3 is 0 Å². The Kier molecular flexibility index (Phi) is 6.91. The van der Waals surface area contributed by atoms with Gasteiger partial charge in [0.2, 0.25) is 0 Å². The van der Waals surface area contributed by atoms with E-state index in [1.807, 2.05) is 0 Å². The molecule has 0 spiro atoms. The summed E-state index contributed by atoms with van der Waals surface area (Å²) in [5, 5.41) is 2.34. The standard InChI is InChI=1S/C36H38N2O/c1-5-6-7-11-19-37-24-38(23-33(37)28-13-9-8-10-14-28)32-16-12-15-30-31-22-29(17-18-34(31)39-36(30)32)35-26(3)20-25(2)21-27(35)4/h8-10,12-18,20-23H,5-7,11,19,24H2,1-4H3. The second-order valence-corrected chi connectivity index (χ2v) is 11.1. The third-order valence-corrected chi connectivity index (χ3v) is 8.04. The smallest absolute Gasteiger partial charge is 0.159 e. The molecule has 0 amide bonds. The SMILES string of the molecule is CCCCCCN1CN(c2cccc3c2oc2ccc(-c4c(C)cc(C)cc4C)cc23)C=C1c1ccccc1. The predicted octanol–water partition coefficient (Wildman–Crippen LogP) is 9.84. The Hall–Kier alpha value is -3.98. The van der Waals surface area contributed by atoms with Gasteiger partial charge in [0.15, 0.2) is 5.58 Å². The van der Waals surface area contributed by atoms with Gasteiger partial charge in [-0.25, -0.2) is 0 Å². The lowest BCUT2D eigenvalue weighted by Gasteiger charge is -2.24. The molecule has 6 rings (SSSR count). The molecule has 3 nitrogen and oxygen atoms in total. The molecule has 2 heterocycles. The predicted molar refractivity (Wildman–Crippen MR) is 166 cm³/mol. The van der Waals surface area contributed by atoms with Crippen LogP contribution in [0, 0.1) is 20.8 Å². The number of rotatable bonds is 8. The third-order valence-electron chi connectivity index (χ3n) is 8.04. The number of aryl methyl sites for hydroxylation is 3. The molecule has 0 N–H and O–H groups in total. The first-order valence-corrected chi connectivity index (χ1v) is 14.4. The number of unbranched alkanes of at least 4 members (excludes halogenated alkanes) is 3. The van der Waals surface area contributed by atoms with Crippen molar-refractivity contribution >= 4 is 33.3 Å². The molecule has 39 heavy (non-hydrogen) atoms. The normalized spacial score (nSPS) is 13.6. The van der Waals surface area contributed by atoms with Gasteiger partial charge < -0.3 is 14.2 Å². The molecule has 0 fully saturated rings. The van der Waals surface area contributed by atoms with Gasteiger partial charge in [-0.2, -0.15) is 0 Å². The van der Waals surface area contributed by atoms with Gasteiger partial charge in [-0.05, 0) is 73.2 Å². The van der Waals surface area contributed by atoms with E-state index in [4.69, 9.17) is 4.42 Å². The summed E-state index contributed by atoms with van der Waals surface area (Å²) in [4.78, 5) is 4.88. The summed E-state index contributed by atoms with van der Waals surface area (Å²) in [6.07, 6.45) is 7.34. The summed E-state index contributed by atoms with van der Waals surface area (Å²) < 4.78 is 6.57.